The van der Waals surface area contributed by atoms with Crippen molar-refractivity contribution in [1.82, 2.24) is 10.2 Å². The Hall–Kier alpha value is -3.79. The molecular formula is C24H26N4O5S. The molecule has 1 atom stereocenters. The zero-order valence-corrected chi connectivity index (χ0v) is 20.2. The van der Waals surface area contributed by atoms with Crippen LogP contribution in [0.3, 0.4) is 0 Å². The average molecular weight is 483 g/mol. The van der Waals surface area contributed by atoms with Crippen molar-refractivity contribution in [2.45, 2.75) is 33.7 Å². The molecule has 0 spiro atoms. The molecule has 1 heterocycles. The van der Waals surface area contributed by atoms with Gasteiger partial charge < -0.3 is 20.3 Å². The highest BCUT2D eigenvalue weighted by Gasteiger charge is 2.34. The molecule has 0 bridgehead atoms. The minimum atomic E-state index is -0.563. The molecule has 1 amide bonds. The van der Waals surface area contributed by atoms with Gasteiger partial charge >= 0.3 is 5.97 Å². The number of nitrogens with one attached hydrogen (secondary N) is 2. The lowest BCUT2D eigenvalue weighted by Crippen LogP contribution is -2.47. The van der Waals surface area contributed by atoms with Crippen LogP contribution < -0.4 is 10.6 Å². The number of allylic oxidation sites excluding steroid dienone is 1. The number of anilines is 1. The van der Waals surface area contributed by atoms with Gasteiger partial charge in [-0.15, -0.1) is 0 Å². The Bertz CT molecular complexity index is 1190. The van der Waals surface area contributed by atoms with Crippen molar-refractivity contribution in [3.05, 3.63) is 80.5 Å². The molecule has 1 aliphatic heterocycles. The predicted molar refractivity (Wildman–Crippen MR) is 132 cm³/mol. The number of esters is 1. The Balaban J connectivity index is 1.93. The summed E-state index contributed by atoms with van der Waals surface area (Å²) in [6.45, 7) is 7.94. The molecule has 0 saturated heterocycles. The number of hydrogen-bond acceptors (Lipinski definition) is 6. The standard InChI is InChI=1S/C24H26N4O5S/c1-5-27-15(4)20(23(30)33-6-2)21(26-24(27)34)16-8-7-9-18(12-16)25-22(29)17-11-10-14(3)19(13-17)28(31)32/h7-13,21H,5-6H2,1-4H3,(H,25,29)(H,26,34)/t21-/m0/s1. The average Bonchev–Trinajstić information content (AvgIpc) is 2.79. The molecular weight excluding hydrogens is 456 g/mol. The largest absolute Gasteiger partial charge is 0.463 e. The van der Waals surface area contributed by atoms with Crippen LogP contribution in [-0.4, -0.2) is 40.0 Å². The summed E-state index contributed by atoms with van der Waals surface area (Å²) in [5.74, 6) is -0.929. The Morgan fingerprint density at radius 1 is 1.21 bits per heavy atom. The first kappa shape index (κ1) is 24.8. The molecule has 0 fully saturated rings. The van der Waals surface area contributed by atoms with Crippen LogP contribution in [0.25, 0.3) is 0 Å². The van der Waals surface area contributed by atoms with Gasteiger partial charge in [-0.05, 0) is 63.7 Å². The van der Waals surface area contributed by atoms with Crippen LogP contribution in [-0.2, 0) is 9.53 Å². The van der Waals surface area contributed by atoms with Crippen molar-refractivity contribution >= 4 is 40.6 Å². The van der Waals surface area contributed by atoms with E-state index in [0.29, 0.717) is 39.7 Å². The second-order valence-corrected chi connectivity index (χ2v) is 8.07. The van der Waals surface area contributed by atoms with E-state index in [0.717, 1.165) is 0 Å². The quantitative estimate of drug-likeness (QED) is 0.261. The summed E-state index contributed by atoms with van der Waals surface area (Å²) in [5.41, 5.74) is 2.83. The molecule has 178 valence electrons. The minimum absolute atomic E-state index is 0.124. The van der Waals surface area contributed by atoms with Gasteiger partial charge in [-0.3, -0.25) is 14.9 Å². The van der Waals surface area contributed by atoms with Gasteiger partial charge in [-0.25, -0.2) is 4.79 Å². The first-order valence-corrected chi connectivity index (χ1v) is 11.2. The lowest BCUT2D eigenvalue weighted by Gasteiger charge is -2.37. The number of nitrogens with zero attached hydrogens (tertiary/aromatic N) is 2. The van der Waals surface area contributed by atoms with Gasteiger partial charge in [-0.1, -0.05) is 18.2 Å². The van der Waals surface area contributed by atoms with Gasteiger partial charge in [0.2, 0.25) is 0 Å². The third-order valence-corrected chi connectivity index (χ3v) is 5.89. The van der Waals surface area contributed by atoms with Crippen LogP contribution in [0.15, 0.2) is 53.7 Å². The van der Waals surface area contributed by atoms with Crippen LogP contribution >= 0.6 is 12.2 Å². The van der Waals surface area contributed by atoms with Gasteiger partial charge in [0.25, 0.3) is 11.6 Å². The normalized spacial score (nSPS) is 15.6. The predicted octanol–water partition coefficient (Wildman–Crippen LogP) is 4.24. The Kier molecular flexibility index (Phi) is 7.62. The smallest absolute Gasteiger partial charge is 0.338 e. The third kappa shape index (κ3) is 5.07. The molecule has 2 aromatic rings. The number of nitro groups is 1. The monoisotopic (exact) mass is 482 g/mol. The maximum Gasteiger partial charge on any atom is 0.338 e. The maximum absolute atomic E-state index is 12.8. The lowest BCUT2D eigenvalue weighted by atomic mass is 9.94. The molecule has 1 aliphatic rings. The van der Waals surface area contributed by atoms with E-state index in [-0.39, 0.29) is 17.9 Å². The zero-order valence-electron chi connectivity index (χ0n) is 19.4. The van der Waals surface area contributed by atoms with E-state index in [1.807, 2.05) is 24.8 Å². The van der Waals surface area contributed by atoms with E-state index in [9.17, 15) is 19.7 Å². The van der Waals surface area contributed by atoms with E-state index in [1.165, 1.54) is 18.2 Å². The van der Waals surface area contributed by atoms with Crippen molar-refractivity contribution in [2.75, 3.05) is 18.5 Å². The van der Waals surface area contributed by atoms with Gasteiger partial charge in [0.05, 0.1) is 23.1 Å². The third-order valence-electron chi connectivity index (χ3n) is 5.55. The Labute approximate surface area is 202 Å². The van der Waals surface area contributed by atoms with E-state index in [4.69, 9.17) is 17.0 Å². The van der Waals surface area contributed by atoms with E-state index < -0.39 is 22.8 Å². The van der Waals surface area contributed by atoms with Crippen LogP contribution in [0.4, 0.5) is 11.4 Å². The molecule has 0 radical (unpaired) electrons. The van der Waals surface area contributed by atoms with Crippen LogP contribution in [0, 0.1) is 17.0 Å². The summed E-state index contributed by atoms with van der Waals surface area (Å²) in [6.07, 6.45) is 0. The van der Waals surface area contributed by atoms with Crippen molar-refractivity contribution in [3.8, 4) is 0 Å². The molecule has 2 aromatic carbocycles. The summed E-state index contributed by atoms with van der Waals surface area (Å²) in [6, 6.07) is 10.8. The minimum Gasteiger partial charge on any atom is -0.463 e. The molecule has 0 saturated carbocycles. The Morgan fingerprint density at radius 2 is 1.94 bits per heavy atom. The van der Waals surface area contributed by atoms with E-state index >= 15 is 0 Å². The molecule has 0 aromatic heterocycles. The van der Waals surface area contributed by atoms with Gasteiger partial charge in [0, 0.05) is 35.1 Å². The fraction of sp³-hybridized carbons (Fsp3) is 0.292. The number of aryl methyl sites for hydroxylation is 1. The highest BCUT2D eigenvalue weighted by atomic mass is 32.1. The zero-order chi connectivity index (χ0) is 25.0. The van der Waals surface area contributed by atoms with E-state index in [1.54, 1.807) is 32.0 Å². The molecule has 10 heteroatoms. The van der Waals surface area contributed by atoms with Crippen molar-refractivity contribution in [1.29, 1.82) is 0 Å². The van der Waals surface area contributed by atoms with E-state index in [2.05, 4.69) is 10.6 Å². The number of carbonyl (C=O) groups excluding carboxylic acids is 2. The molecule has 2 N–H and O–H groups in total. The van der Waals surface area contributed by atoms with Crippen LogP contribution in [0.1, 0.15) is 48.3 Å². The van der Waals surface area contributed by atoms with Crippen molar-refractivity contribution in [2.24, 2.45) is 0 Å². The number of thiocarbonyl (C=S) groups is 1. The number of ether oxygens (including phenoxy) is 1. The maximum atomic E-state index is 12.8. The second kappa shape index (κ2) is 10.4. The van der Waals surface area contributed by atoms with Crippen molar-refractivity contribution < 1.29 is 19.2 Å². The van der Waals surface area contributed by atoms with Gasteiger partial charge in [0.1, 0.15) is 0 Å². The molecule has 0 aliphatic carbocycles. The summed E-state index contributed by atoms with van der Waals surface area (Å²) in [7, 11) is 0. The van der Waals surface area contributed by atoms with Crippen LogP contribution in [0.2, 0.25) is 0 Å². The topological polar surface area (TPSA) is 114 Å². The van der Waals surface area contributed by atoms with Gasteiger partial charge in [0.15, 0.2) is 5.11 Å². The summed E-state index contributed by atoms with van der Waals surface area (Å²) in [4.78, 5) is 38.1. The Morgan fingerprint density at radius 3 is 2.59 bits per heavy atom. The second-order valence-electron chi connectivity index (χ2n) is 7.68. The number of amides is 1. The number of hydrogen-bond donors (Lipinski definition) is 2. The number of carbonyl (C=O) groups is 2. The first-order valence-electron chi connectivity index (χ1n) is 10.8. The van der Waals surface area contributed by atoms with Crippen molar-refractivity contribution in [3.63, 3.8) is 0 Å². The number of nitro benzene ring substituents is 1. The SMILES string of the molecule is CCOC(=O)C1=C(C)N(CC)C(=S)N[C@H]1c1cccc(NC(=O)c2ccc(C)c([N+](=O)[O-])c2)c1. The number of benzene rings is 2. The summed E-state index contributed by atoms with van der Waals surface area (Å²) in [5, 5.41) is 17.7. The molecule has 9 nitrogen and oxygen atoms in total. The molecule has 34 heavy (non-hydrogen) atoms. The van der Waals surface area contributed by atoms with Crippen LogP contribution in [0.5, 0.6) is 0 Å². The highest BCUT2D eigenvalue weighted by Crippen LogP contribution is 2.32. The summed E-state index contributed by atoms with van der Waals surface area (Å²) < 4.78 is 5.29. The number of rotatable bonds is 7. The first-order chi connectivity index (χ1) is 16.2. The van der Waals surface area contributed by atoms with Gasteiger partial charge in [-0.2, -0.15) is 0 Å². The fourth-order valence-corrected chi connectivity index (χ4v) is 4.22. The highest BCUT2D eigenvalue weighted by molar-refractivity contribution is 7.80. The molecule has 3 rings (SSSR count). The fourth-order valence-electron chi connectivity index (χ4n) is 3.83. The molecule has 0 unspecified atom stereocenters. The summed E-state index contributed by atoms with van der Waals surface area (Å²) >= 11 is 5.50. The lowest BCUT2D eigenvalue weighted by molar-refractivity contribution is -0.385.